The number of hydrogen-bond donors (Lipinski definition) is 3. The Morgan fingerprint density at radius 2 is 2.13 bits per heavy atom. The van der Waals surface area contributed by atoms with Gasteiger partial charge in [-0.25, -0.2) is 14.8 Å². The van der Waals surface area contributed by atoms with Crippen molar-refractivity contribution in [3.05, 3.63) is 58.6 Å². The van der Waals surface area contributed by atoms with E-state index in [4.69, 9.17) is 16.7 Å². The fourth-order valence-electron chi connectivity index (χ4n) is 3.96. The molecule has 1 atom stereocenters. The summed E-state index contributed by atoms with van der Waals surface area (Å²) in [6, 6.07) is 10.3. The van der Waals surface area contributed by atoms with E-state index in [9.17, 15) is 23.6 Å². The molecule has 2 aromatic carbocycles. The first-order valence-electron chi connectivity index (χ1n) is 11.8. The molecule has 206 valence electrons. The van der Waals surface area contributed by atoms with Gasteiger partial charge in [0.1, 0.15) is 5.75 Å². The summed E-state index contributed by atoms with van der Waals surface area (Å²) in [5.74, 6) is -0.422. The molecule has 3 N–H and O–H groups in total. The van der Waals surface area contributed by atoms with Crippen molar-refractivity contribution in [1.29, 1.82) is 5.26 Å². The second-order valence-corrected chi connectivity index (χ2v) is 8.66. The number of nitrogens with one attached hydrogen (secondary N) is 2. The number of aryl methyl sites for hydroxylation is 1. The van der Waals surface area contributed by atoms with Crippen LogP contribution >= 0.6 is 11.6 Å². The van der Waals surface area contributed by atoms with E-state index in [1.54, 1.807) is 30.1 Å². The van der Waals surface area contributed by atoms with Gasteiger partial charge >= 0.3 is 12.7 Å². The summed E-state index contributed by atoms with van der Waals surface area (Å²) in [6.45, 7) is 0.927. The summed E-state index contributed by atoms with van der Waals surface area (Å²) >= 11 is 6.21. The first kappa shape index (κ1) is 29.1. The predicted molar refractivity (Wildman–Crippen MR) is 140 cm³/mol. The van der Waals surface area contributed by atoms with Crippen LogP contribution in [0, 0.1) is 18.4 Å². The number of halogens is 3. The van der Waals surface area contributed by atoms with E-state index in [0.717, 1.165) is 5.56 Å². The predicted octanol–water partition coefficient (Wildman–Crippen LogP) is 3.90. The van der Waals surface area contributed by atoms with Crippen molar-refractivity contribution in [2.75, 3.05) is 19.6 Å². The number of rotatable bonds is 9. The molecule has 0 fully saturated rings. The van der Waals surface area contributed by atoms with E-state index in [2.05, 4.69) is 25.5 Å². The van der Waals surface area contributed by atoms with Crippen LogP contribution in [-0.2, 0) is 4.79 Å². The number of hydrazone groups is 1. The second-order valence-electron chi connectivity index (χ2n) is 8.26. The molecule has 1 heterocycles. The standard InChI is InChI=1S/C25H26ClF2N7O4/c1-3-34(21(36)9-10-30-25(37)38)20-13-35(33-22(20)16-7-8-19(26)15(2)11-16)24(31-14-29)32-17-5-4-6-18(12-17)39-23(27)28/h4-8,11-12,20,23,30H,3,9-10,13H2,1-2H3,(H,31,32)(H,37,38)/t20-/m0/s1. The van der Waals surface area contributed by atoms with Gasteiger partial charge in [0.25, 0.3) is 0 Å². The van der Waals surface area contributed by atoms with Gasteiger partial charge in [-0.1, -0.05) is 23.7 Å². The van der Waals surface area contributed by atoms with Crippen LogP contribution in [0.4, 0.5) is 19.3 Å². The largest absolute Gasteiger partial charge is 0.465 e. The van der Waals surface area contributed by atoms with Crippen molar-refractivity contribution in [2.45, 2.75) is 32.9 Å². The number of alkyl halides is 2. The average molecular weight is 562 g/mol. The molecular formula is C25H26ClF2N7O4. The Bertz CT molecular complexity index is 1320. The highest BCUT2D eigenvalue weighted by Gasteiger charge is 2.36. The third kappa shape index (κ3) is 7.78. The summed E-state index contributed by atoms with van der Waals surface area (Å²) < 4.78 is 29.7. The van der Waals surface area contributed by atoms with Gasteiger partial charge in [-0.3, -0.25) is 10.1 Å². The summed E-state index contributed by atoms with van der Waals surface area (Å²) in [5, 5.41) is 29.5. The first-order chi connectivity index (χ1) is 18.6. The minimum absolute atomic E-state index is 0.00608. The molecule has 0 bridgehead atoms. The van der Waals surface area contributed by atoms with Crippen LogP contribution in [0.2, 0.25) is 5.02 Å². The minimum Gasteiger partial charge on any atom is -0.465 e. The fourth-order valence-corrected chi connectivity index (χ4v) is 4.08. The number of aliphatic imine (C=N–C) groups is 1. The van der Waals surface area contributed by atoms with E-state index >= 15 is 0 Å². The van der Waals surface area contributed by atoms with Crippen LogP contribution in [0.15, 0.2) is 52.6 Å². The maximum absolute atomic E-state index is 13.1. The first-order valence-corrected chi connectivity index (χ1v) is 12.2. The number of guanidine groups is 1. The lowest BCUT2D eigenvalue weighted by Gasteiger charge is -2.29. The Morgan fingerprint density at radius 1 is 1.36 bits per heavy atom. The molecule has 0 saturated carbocycles. The molecule has 2 amide bonds. The minimum atomic E-state index is -3.02. The Hall–Kier alpha value is -4.44. The monoisotopic (exact) mass is 561 g/mol. The zero-order chi connectivity index (χ0) is 28.5. The van der Waals surface area contributed by atoms with Gasteiger partial charge in [-0.2, -0.15) is 19.1 Å². The van der Waals surface area contributed by atoms with Gasteiger partial charge in [0.2, 0.25) is 11.9 Å². The van der Waals surface area contributed by atoms with Crippen LogP contribution in [0.25, 0.3) is 0 Å². The van der Waals surface area contributed by atoms with E-state index < -0.39 is 18.7 Å². The van der Waals surface area contributed by atoms with Gasteiger partial charge in [-0.05, 0) is 43.7 Å². The average Bonchev–Trinajstić information content (AvgIpc) is 3.30. The van der Waals surface area contributed by atoms with Crippen molar-refractivity contribution in [1.82, 2.24) is 20.5 Å². The fraction of sp³-hybridized carbons (Fsp3) is 0.320. The van der Waals surface area contributed by atoms with E-state index in [1.807, 2.05) is 13.0 Å². The van der Waals surface area contributed by atoms with Gasteiger partial charge in [0.15, 0.2) is 6.19 Å². The van der Waals surface area contributed by atoms with Crippen LogP contribution in [0.1, 0.15) is 24.5 Å². The normalized spacial score (nSPS) is 15.0. The SMILES string of the molecule is CCN(C(=O)CCNC(=O)O)[C@H]1CN(C(=Nc2cccc(OC(F)F)c2)NC#N)N=C1c1ccc(Cl)c(C)c1. The van der Waals surface area contributed by atoms with Crippen molar-refractivity contribution in [3.8, 4) is 11.9 Å². The molecular weight excluding hydrogens is 536 g/mol. The topological polar surface area (TPSA) is 143 Å². The number of carboxylic acid groups (broad SMARTS) is 1. The quantitative estimate of drug-likeness (QED) is 0.182. The molecule has 0 saturated heterocycles. The lowest BCUT2D eigenvalue weighted by molar-refractivity contribution is -0.131. The molecule has 0 aromatic heterocycles. The van der Waals surface area contributed by atoms with Gasteiger partial charge < -0.3 is 20.1 Å². The Kier molecular flexibility index (Phi) is 9.99. The maximum atomic E-state index is 13.1. The zero-order valence-corrected chi connectivity index (χ0v) is 21.8. The van der Waals surface area contributed by atoms with Gasteiger partial charge in [-0.15, -0.1) is 0 Å². The number of nitriles is 1. The molecule has 1 aliphatic heterocycles. The maximum Gasteiger partial charge on any atom is 0.404 e. The summed E-state index contributed by atoms with van der Waals surface area (Å²) in [6.07, 6.45) is 0.493. The van der Waals surface area contributed by atoms with Crippen molar-refractivity contribution in [3.63, 3.8) is 0 Å². The molecule has 39 heavy (non-hydrogen) atoms. The third-order valence-electron chi connectivity index (χ3n) is 5.69. The number of hydrogen-bond acceptors (Lipinski definition) is 6. The Balaban J connectivity index is 2.00. The summed E-state index contributed by atoms with van der Waals surface area (Å²) in [7, 11) is 0. The molecule has 11 nitrogen and oxygen atoms in total. The number of ether oxygens (including phenoxy) is 1. The molecule has 0 unspecified atom stereocenters. The van der Waals surface area contributed by atoms with Crippen molar-refractivity contribution >= 4 is 41.0 Å². The van der Waals surface area contributed by atoms with Crippen molar-refractivity contribution in [2.24, 2.45) is 10.1 Å². The van der Waals surface area contributed by atoms with Crippen LogP contribution in [0.5, 0.6) is 5.75 Å². The van der Waals surface area contributed by atoms with E-state index in [-0.39, 0.29) is 42.8 Å². The summed E-state index contributed by atoms with van der Waals surface area (Å²) in [4.78, 5) is 29.8. The smallest absolute Gasteiger partial charge is 0.404 e. The highest BCUT2D eigenvalue weighted by atomic mass is 35.5. The molecule has 3 rings (SSSR count). The number of carbonyl (C=O) groups is 2. The lowest BCUT2D eigenvalue weighted by atomic mass is 10.0. The molecule has 0 aliphatic carbocycles. The van der Waals surface area contributed by atoms with Gasteiger partial charge in [0.05, 0.1) is 24.0 Å². The highest BCUT2D eigenvalue weighted by Crippen LogP contribution is 2.26. The third-order valence-corrected chi connectivity index (χ3v) is 6.11. The highest BCUT2D eigenvalue weighted by molar-refractivity contribution is 6.31. The number of carbonyl (C=O) groups excluding carboxylic acids is 1. The Morgan fingerprint density at radius 3 is 2.77 bits per heavy atom. The Labute approximate surface area is 228 Å². The van der Waals surface area contributed by atoms with Crippen LogP contribution in [-0.4, -0.2) is 71.0 Å². The molecule has 0 spiro atoms. The van der Waals surface area contributed by atoms with E-state index in [1.165, 1.54) is 29.3 Å². The van der Waals surface area contributed by atoms with E-state index in [0.29, 0.717) is 22.8 Å². The lowest BCUT2D eigenvalue weighted by Crippen LogP contribution is -2.48. The molecule has 0 radical (unpaired) electrons. The summed E-state index contributed by atoms with van der Waals surface area (Å²) in [5.41, 5.74) is 2.19. The number of benzene rings is 2. The van der Waals surface area contributed by atoms with Gasteiger partial charge in [0, 0.05) is 36.2 Å². The number of likely N-dealkylation sites (N-methyl/N-ethyl adjacent to an activating group) is 1. The number of amides is 2. The molecule has 2 aromatic rings. The van der Waals surface area contributed by atoms with Crippen LogP contribution < -0.4 is 15.4 Å². The number of nitrogens with zero attached hydrogens (tertiary/aromatic N) is 5. The van der Waals surface area contributed by atoms with Crippen LogP contribution in [0.3, 0.4) is 0 Å². The van der Waals surface area contributed by atoms with Crippen molar-refractivity contribution < 1.29 is 28.2 Å². The molecule has 1 aliphatic rings. The second kappa shape index (κ2) is 13.4. The molecule has 14 heteroatoms. The zero-order valence-electron chi connectivity index (χ0n) is 21.1.